The van der Waals surface area contributed by atoms with Gasteiger partial charge in [0.1, 0.15) is 6.73 Å². The zero-order chi connectivity index (χ0) is 35.4. The number of aromatic nitrogens is 4. The number of hydrogen-bond donors (Lipinski definition) is 0. The van der Waals surface area contributed by atoms with E-state index in [9.17, 15) is 9.59 Å². The number of ether oxygens (including phenoxy) is 2. The van der Waals surface area contributed by atoms with Crippen molar-refractivity contribution < 1.29 is 19.1 Å². The average molecular weight is 730 g/mol. The number of nitrogens with zero attached hydrogens (tertiary/aromatic N) is 7. The van der Waals surface area contributed by atoms with Gasteiger partial charge >= 0.3 is 5.97 Å². The van der Waals surface area contributed by atoms with E-state index in [2.05, 4.69) is 46.5 Å². The first kappa shape index (κ1) is 35.6. The molecule has 262 valence electrons. The van der Waals surface area contributed by atoms with Gasteiger partial charge in [0.05, 0.1) is 23.2 Å². The van der Waals surface area contributed by atoms with Crippen LogP contribution in [0.3, 0.4) is 0 Å². The van der Waals surface area contributed by atoms with Crippen molar-refractivity contribution >= 4 is 69.6 Å². The van der Waals surface area contributed by atoms with E-state index in [1.807, 2.05) is 72.3 Å². The standard InChI is InChI=1S/C36H43N7O4S2Si/c1-7-47-34(45)31-32(26-21-42(22-26)30(44)20-25-13-9-8-10-14-25)49-35(37-31)41(3)29-19-24(2)33(40-39-29)38-36-43(23-46-17-18-50(4,5)6)27-15-11-12-16-28(27)48-36/h8-16,19,26H,7,17-18,20-23H2,1-6H3. The van der Waals surface area contributed by atoms with Crippen molar-refractivity contribution in [2.24, 2.45) is 4.99 Å². The van der Waals surface area contributed by atoms with Crippen molar-refractivity contribution in [3.05, 3.63) is 87.2 Å². The lowest BCUT2D eigenvalue weighted by Gasteiger charge is -2.39. The van der Waals surface area contributed by atoms with Gasteiger partial charge in [-0.25, -0.2) is 9.78 Å². The number of fused-ring (bicyclic) bond motifs is 1. The molecule has 0 N–H and O–H groups in total. The Balaban J connectivity index is 1.21. The molecule has 14 heteroatoms. The maximum atomic E-state index is 13.0. The van der Waals surface area contributed by atoms with Crippen LogP contribution in [0, 0.1) is 6.92 Å². The highest BCUT2D eigenvalue weighted by molar-refractivity contribution is 7.16. The lowest BCUT2D eigenvalue weighted by atomic mass is 9.96. The fraction of sp³-hybridized carbons (Fsp3) is 0.389. The van der Waals surface area contributed by atoms with E-state index >= 15 is 0 Å². The van der Waals surface area contributed by atoms with E-state index in [0.29, 0.717) is 49.6 Å². The third-order valence-electron chi connectivity index (χ3n) is 8.50. The Kier molecular flexibility index (Phi) is 10.9. The predicted octanol–water partition coefficient (Wildman–Crippen LogP) is 6.92. The second kappa shape index (κ2) is 15.3. The normalized spacial score (nSPS) is 13.9. The number of esters is 1. The monoisotopic (exact) mass is 729 g/mol. The third-order valence-corrected chi connectivity index (χ3v) is 12.6. The summed E-state index contributed by atoms with van der Waals surface area (Å²) in [5.41, 5.74) is 3.18. The molecule has 0 radical (unpaired) electrons. The van der Waals surface area contributed by atoms with Crippen molar-refractivity contribution in [2.45, 2.75) is 58.6 Å². The molecule has 50 heavy (non-hydrogen) atoms. The highest BCUT2D eigenvalue weighted by Gasteiger charge is 2.37. The highest BCUT2D eigenvalue weighted by Crippen LogP contribution is 2.39. The highest BCUT2D eigenvalue weighted by atomic mass is 32.1. The molecule has 2 aromatic carbocycles. The number of hydrogen-bond acceptors (Lipinski definition) is 11. The Hall–Kier alpha value is -4.24. The Labute approximate surface area is 301 Å². The van der Waals surface area contributed by atoms with Crippen LogP contribution in [0.4, 0.5) is 16.8 Å². The summed E-state index contributed by atoms with van der Waals surface area (Å²) in [6.45, 7) is 13.2. The topological polar surface area (TPSA) is 115 Å². The molecule has 3 aromatic heterocycles. The van der Waals surface area contributed by atoms with Gasteiger partial charge in [0.15, 0.2) is 27.3 Å². The quantitative estimate of drug-likeness (QED) is 0.0730. The Morgan fingerprint density at radius 1 is 1.04 bits per heavy atom. The van der Waals surface area contributed by atoms with Gasteiger partial charge in [-0.2, -0.15) is 4.99 Å². The molecule has 11 nitrogen and oxygen atoms in total. The summed E-state index contributed by atoms with van der Waals surface area (Å²) < 4.78 is 14.7. The van der Waals surface area contributed by atoms with Crippen LogP contribution in [0.15, 0.2) is 65.7 Å². The van der Waals surface area contributed by atoms with Crippen LogP contribution >= 0.6 is 22.7 Å². The van der Waals surface area contributed by atoms with E-state index < -0.39 is 14.0 Å². The maximum absolute atomic E-state index is 13.0. The smallest absolute Gasteiger partial charge is 0.358 e. The molecule has 0 unspecified atom stereocenters. The van der Waals surface area contributed by atoms with Crippen LogP contribution in [0.1, 0.15) is 39.3 Å². The number of likely N-dealkylation sites (tertiary alicyclic amines) is 1. The number of amides is 1. The van der Waals surface area contributed by atoms with Crippen molar-refractivity contribution in [1.29, 1.82) is 0 Å². The second-order valence-corrected chi connectivity index (χ2v) is 21.2. The predicted molar refractivity (Wildman–Crippen MR) is 202 cm³/mol. The molecule has 0 atom stereocenters. The summed E-state index contributed by atoms with van der Waals surface area (Å²) in [6.07, 6.45) is 0.352. The number of para-hydroxylation sites is 1. The zero-order valence-corrected chi connectivity index (χ0v) is 32.0. The van der Waals surface area contributed by atoms with E-state index in [4.69, 9.17) is 19.5 Å². The van der Waals surface area contributed by atoms with Gasteiger partial charge in [-0.3, -0.25) is 9.36 Å². The number of thiazole rings is 2. The summed E-state index contributed by atoms with van der Waals surface area (Å²) >= 11 is 3.01. The summed E-state index contributed by atoms with van der Waals surface area (Å²) in [5, 5.41) is 9.63. The summed E-state index contributed by atoms with van der Waals surface area (Å²) in [6, 6.07) is 21.0. The lowest BCUT2D eigenvalue weighted by Crippen LogP contribution is -2.49. The van der Waals surface area contributed by atoms with Crippen molar-refractivity contribution in [1.82, 2.24) is 24.6 Å². The zero-order valence-electron chi connectivity index (χ0n) is 29.4. The van der Waals surface area contributed by atoms with E-state index in [1.54, 1.807) is 18.3 Å². The van der Waals surface area contributed by atoms with Crippen LogP contribution in [0.5, 0.6) is 0 Å². The number of aryl methyl sites for hydroxylation is 1. The molecule has 0 aliphatic carbocycles. The molecule has 1 fully saturated rings. The van der Waals surface area contributed by atoms with Gasteiger partial charge in [-0.1, -0.05) is 73.4 Å². The van der Waals surface area contributed by atoms with Gasteiger partial charge in [-0.05, 0) is 49.2 Å². The van der Waals surface area contributed by atoms with Crippen LogP contribution in [-0.2, 0) is 27.4 Å². The Morgan fingerprint density at radius 2 is 1.78 bits per heavy atom. The minimum absolute atomic E-state index is 0.00435. The summed E-state index contributed by atoms with van der Waals surface area (Å²) in [4.78, 5) is 40.8. The minimum Gasteiger partial charge on any atom is -0.461 e. The van der Waals surface area contributed by atoms with Gasteiger partial charge in [0.2, 0.25) is 5.91 Å². The van der Waals surface area contributed by atoms with Crippen molar-refractivity contribution in [2.75, 3.05) is 38.3 Å². The Bertz CT molecular complexity index is 2050. The number of anilines is 2. The SMILES string of the molecule is CCOC(=O)c1nc(N(C)c2cc(C)c(N=c3sc4ccccc4n3COCC[Si](C)(C)C)nn2)sc1C1CN(C(=O)Cc2ccccc2)C1. The van der Waals surface area contributed by atoms with E-state index in [1.165, 1.54) is 11.3 Å². The average Bonchev–Trinajstić information content (AvgIpc) is 3.65. The molecule has 5 aromatic rings. The Morgan fingerprint density at radius 3 is 2.50 bits per heavy atom. The molecule has 4 heterocycles. The molecule has 1 aliphatic rings. The largest absolute Gasteiger partial charge is 0.461 e. The summed E-state index contributed by atoms with van der Waals surface area (Å²) in [7, 11) is 0.645. The second-order valence-electron chi connectivity index (χ2n) is 13.6. The molecule has 0 saturated carbocycles. The molecular formula is C36H43N7O4S2Si. The number of carbonyl (C=O) groups is 2. The number of rotatable bonds is 13. The maximum Gasteiger partial charge on any atom is 0.358 e. The van der Waals surface area contributed by atoms with Crippen molar-refractivity contribution in [3.8, 4) is 0 Å². The summed E-state index contributed by atoms with van der Waals surface area (Å²) in [5.74, 6) is 0.690. The molecular weight excluding hydrogens is 687 g/mol. The van der Waals surface area contributed by atoms with Crippen LogP contribution in [0.25, 0.3) is 10.2 Å². The number of benzene rings is 2. The molecule has 0 spiro atoms. The van der Waals surface area contributed by atoms with Crippen LogP contribution < -0.4 is 9.70 Å². The van der Waals surface area contributed by atoms with E-state index in [-0.39, 0.29) is 24.1 Å². The lowest BCUT2D eigenvalue weighted by molar-refractivity contribution is -0.134. The van der Waals surface area contributed by atoms with Crippen LogP contribution in [-0.4, -0.2) is 77.9 Å². The van der Waals surface area contributed by atoms with Gasteiger partial charge < -0.3 is 19.3 Å². The molecule has 1 saturated heterocycles. The first-order chi connectivity index (χ1) is 24.0. The molecule has 1 aliphatic heterocycles. The van der Waals surface area contributed by atoms with E-state index in [0.717, 1.165) is 37.1 Å². The first-order valence-electron chi connectivity index (χ1n) is 16.8. The number of carbonyl (C=O) groups excluding carboxylic acids is 2. The molecule has 6 rings (SSSR count). The minimum atomic E-state index is -1.21. The van der Waals surface area contributed by atoms with Gasteiger partial charge in [0, 0.05) is 45.6 Å². The van der Waals surface area contributed by atoms with Crippen molar-refractivity contribution in [3.63, 3.8) is 0 Å². The fourth-order valence-electron chi connectivity index (χ4n) is 5.51. The first-order valence-corrected chi connectivity index (χ1v) is 22.1. The van der Waals surface area contributed by atoms with Crippen LogP contribution in [0.2, 0.25) is 25.7 Å². The van der Waals surface area contributed by atoms with Gasteiger partial charge in [-0.15, -0.1) is 21.5 Å². The molecule has 1 amide bonds. The fourth-order valence-corrected chi connectivity index (χ4v) is 8.39. The van der Waals surface area contributed by atoms with Gasteiger partial charge in [0.25, 0.3) is 0 Å². The third kappa shape index (κ3) is 8.20. The molecule has 0 bridgehead atoms.